The smallest absolute Gasteiger partial charge is 0.255 e. The van der Waals surface area contributed by atoms with Gasteiger partial charge in [-0.25, -0.2) is 0 Å². The van der Waals surface area contributed by atoms with Gasteiger partial charge in [0.25, 0.3) is 5.91 Å². The van der Waals surface area contributed by atoms with Gasteiger partial charge in [0.15, 0.2) is 16.6 Å². The molecular formula is C27H27N3O3S. The molecule has 7 heteroatoms. The number of nitrogens with one attached hydrogen (secondary N) is 3. The van der Waals surface area contributed by atoms with Gasteiger partial charge in [0.1, 0.15) is 6.61 Å². The molecule has 1 atom stereocenters. The van der Waals surface area contributed by atoms with Crippen LogP contribution in [0.4, 0.5) is 5.69 Å². The zero-order valence-corrected chi connectivity index (χ0v) is 19.9. The lowest BCUT2D eigenvalue weighted by molar-refractivity contribution is -0.113. The van der Waals surface area contributed by atoms with E-state index in [0.717, 1.165) is 16.8 Å². The molecule has 0 unspecified atom stereocenters. The van der Waals surface area contributed by atoms with Gasteiger partial charge >= 0.3 is 0 Å². The first-order chi connectivity index (χ1) is 16.5. The summed E-state index contributed by atoms with van der Waals surface area (Å²) in [6, 6.07) is 24.6. The molecule has 0 saturated heterocycles. The van der Waals surface area contributed by atoms with Crippen molar-refractivity contribution >= 4 is 28.9 Å². The Morgan fingerprint density at radius 1 is 0.971 bits per heavy atom. The van der Waals surface area contributed by atoms with E-state index in [1.165, 1.54) is 0 Å². The van der Waals surface area contributed by atoms with Crippen LogP contribution in [0.1, 0.15) is 31.0 Å². The number of amides is 1. The van der Waals surface area contributed by atoms with Gasteiger partial charge in [0.2, 0.25) is 0 Å². The second kappa shape index (κ2) is 10.9. The van der Waals surface area contributed by atoms with Crippen LogP contribution in [0, 0.1) is 0 Å². The summed E-state index contributed by atoms with van der Waals surface area (Å²) in [5.41, 5.74) is 3.89. The van der Waals surface area contributed by atoms with Crippen molar-refractivity contribution in [3.63, 3.8) is 0 Å². The molecule has 34 heavy (non-hydrogen) atoms. The van der Waals surface area contributed by atoms with Crippen LogP contribution in [0.5, 0.6) is 11.5 Å². The number of thiocarbonyl (C=S) groups is 1. The van der Waals surface area contributed by atoms with Crippen molar-refractivity contribution in [1.29, 1.82) is 0 Å². The van der Waals surface area contributed by atoms with E-state index in [4.69, 9.17) is 21.7 Å². The highest BCUT2D eigenvalue weighted by Gasteiger charge is 2.30. The predicted molar refractivity (Wildman–Crippen MR) is 138 cm³/mol. The normalized spacial score (nSPS) is 15.2. The summed E-state index contributed by atoms with van der Waals surface area (Å²) < 4.78 is 11.9. The van der Waals surface area contributed by atoms with Crippen molar-refractivity contribution in [1.82, 2.24) is 10.6 Å². The molecule has 6 nitrogen and oxygen atoms in total. The maximum absolute atomic E-state index is 13.3. The van der Waals surface area contributed by atoms with Crippen molar-refractivity contribution in [2.45, 2.75) is 26.5 Å². The van der Waals surface area contributed by atoms with E-state index < -0.39 is 6.04 Å². The van der Waals surface area contributed by atoms with Crippen molar-refractivity contribution in [2.75, 3.05) is 11.9 Å². The van der Waals surface area contributed by atoms with E-state index in [-0.39, 0.29) is 5.91 Å². The van der Waals surface area contributed by atoms with Crippen LogP contribution in [-0.4, -0.2) is 17.6 Å². The number of carbonyl (C=O) groups excluding carboxylic acids is 1. The summed E-state index contributed by atoms with van der Waals surface area (Å²) in [5, 5.41) is 9.73. The SMILES string of the molecule is CCOc1cc([C@@H]2NC(=S)NC(C)=C2C(=O)Nc2ccccc2)ccc1OCc1ccccc1. The molecule has 1 amide bonds. The molecule has 0 radical (unpaired) electrons. The van der Waals surface area contributed by atoms with E-state index in [0.29, 0.717) is 41.1 Å². The second-order valence-corrected chi connectivity index (χ2v) is 8.21. The Morgan fingerprint density at radius 3 is 2.38 bits per heavy atom. The first-order valence-corrected chi connectivity index (χ1v) is 11.5. The maximum Gasteiger partial charge on any atom is 0.255 e. The first kappa shape index (κ1) is 23.3. The van der Waals surface area contributed by atoms with Crippen LogP contribution in [0.25, 0.3) is 0 Å². The van der Waals surface area contributed by atoms with Gasteiger partial charge in [-0.05, 0) is 61.5 Å². The minimum Gasteiger partial charge on any atom is -0.490 e. The van der Waals surface area contributed by atoms with E-state index in [1.54, 1.807) is 0 Å². The lowest BCUT2D eigenvalue weighted by Crippen LogP contribution is -2.45. The van der Waals surface area contributed by atoms with E-state index >= 15 is 0 Å². The highest BCUT2D eigenvalue weighted by atomic mass is 32.1. The summed E-state index contributed by atoms with van der Waals surface area (Å²) >= 11 is 5.39. The number of carbonyl (C=O) groups is 1. The highest BCUT2D eigenvalue weighted by Crippen LogP contribution is 2.35. The first-order valence-electron chi connectivity index (χ1n) is 11.1. The molecule has 1 heterocycles. The maximum atomic E-state index is 13.3. The standard InChI is InChI=1S/C27H27N3O3S/c1-3-32-23-16-20(14-15-22(23)33-17-19-10-6-4-7-11-19)25-24(18(2)28-27(34)30-25)26(31)29-21-12-8-5-9-13-21/h4-16,25H,3,17H2,1-2H3,(H,29,31)(H2,28,30,34)/t25-/m0/s1. The number of benzene rings is 3. The average Bonchev–Trinajstić information content (AvgIpc) is 2.84. The van der Waals surface area contributed by atoms with Gasteiger partial charge in [0, 0.05) is 11.4 Å². The fourth-order valence-electron chi connectivity index (χ4n) is 3.79. The van der Waals surface area contributed by atoms with Gasteiger partial charge in [0.05, 0.1) is 18.2 Å². The van der Waals surface area contributed by atoms with Crippen LogP contribution in [0.3, 0.4) is 0 Å². The molecule has 0 fully saturated rings. The lowest BCUT2D eigenvalue weighted by atomic mass is 9.94. The molecule has 174 valence electrons. The summed E-state index contributed by atoms with van der Waals surface area (Å²) in [7, 11) is 0. The lowest BCUT2D eigenvalue weighted by Gasteiger charge is -2.30. The van der Waals surface area contributed by atoms with Crippen LogP contribution in [0.2, 0.25) is 0 Å². The predicted octanol–water partition coefficient (Wildman–Crippen LogP) is 5.10. The number of para-hydroxylation sites is 1. The van der Waals surface area contributed by atoms with Gasteiger partial charge in [-0.2, -0.15) is 0 Å². The van der Waals surface area contributed by atoms with Crippen LogP contribution in [0.15, 0.2) is 90.1 Å². The second-order valence-electron chi connectivity index (χ2n) is 7.80. The molecule has 0 aromatic heterocycles. The molecule has 1 aliphatic heterocycles. The third kappa shape index (κ3) is 5.55. The van der Waals surface area contributed by atoms with E-state index in [9.17, 15) is 4.79 Å². The van der Waals surface area contributed by atoms with Crippen molar-refractivity contribution in [2.24, 2.45) is 0 Å². The topological polar surface area (TPSA) is 71.6 Å². The van der Waals surface area contributed by atoms with Crippen molar-refractivity contribution in [3.05, 3.63) is 101 Å². The third-order valence-electron chi connectivity index (χ3n) is 5.38. The van der Waals surface area contributed by atoms with E-state index in [1.807, 2.05) is 92.7 Å². The Balaban J connectivity index is 1.62. The number of ether oxygens (including phenoxy) is 2. The van der Waals surface area contributed by atoms with Gasteiger partial charge in [-0.1, -0.05) is 54.6 Å². The zero-order valence-electron chi connectivity index (χ0n) is 19.1. The fourth-order valence-corrected chi connectivity index (χ4v) is 4.06. The minimum atomic E-state index is -0.445. The molecule has 0 bridgehead atoms. The summed E-state index contributed by atoms with van der Waals surface area (Å²) in [5.74, 6) is 1.04. The Kier molecular flexibility index (Phi) is 7.44. The minimum absolute atomic E-state index is 0.210. The molecule has 0 spiro atoms. The Bertz CT molecular complexity index is 1200. The molecule has 0 aliphatic carbocycles. The largest absolute Gasteiger partial charge is 0.490 e. The van der Waals surface area contributed by atoms with Gasteiger partial charge < -0.3 is 25.4 Å². The van der Waals surface area contributed by atoms with E-state index in [2.05, 4.69) is 16.0 Å². The van der Waals surface area contributed by atoms with Gasteiger partial charge in [-0.3, -0.25) is 4.79 Å². The molecular weight excluding hydrogens is 446 g/mol. The number of hydrogen-bond acceptors (Lipinski definition) is 4. The molecule has 0 saturated carbocycles. The van der Waals surface area contributed by atoms with Crippen molar-refractivity contribution < 1.29 is 14.3 Å². The Morgan fingerprint density at radius 2 is 1.68 bits per heavy atom. The number of rotatable bonds is 8. The summed E-state index contributed by atoms with van der Waals surface area (Å²) in [6.45, 7) is 4.69. The molecule has 4 rings (SSSR count). The molecule has 1 aliphatic rings. The molecule has 3 aromatic rings. The fraction of sp³-hybridized carbons (Fsp3) is 0.185. The number of allylic oxidation sites excluding steroid dienone is 1. The molecule has 3 N–H and O–H groups in total. The zero-order chi connectivity index (χ0) is 23.9. The monoisotopic (exact) mass is 473 g/mol. The van der Waals surface area contributed by atoms with Gasteiger partial charge in [-0.15, -0.1) is 0 Å². The quantitative estimate of drug-likeness (QED) is 0.396. The van der Waals surface area contributed by atoms with Crippen molar-refractivity contribution in [3.8, 4) is 11.5 Å². The summed E-state index contributed by atoms with van der Waals surface area (Å²) in [4.78, 5) is 13.3. The number of anilines is 1. The van der Waals surface area contributed by atoms with Crippen LogP contribution < -0.4 is 25.4 Å². The van der Waals surface area contributed by atoms with Crippen LogP contribution >= 0.6 is 12.2 Å². The Hall–Kier alpha value is -3.84. The highest BCUT2D eigenvalue weighted by molar-refractivity contribution is 7.80. The van der Waals surface area contributed by atoms with Crippen LogP contribution in [-0.2, 0) is 11.4 Å². The third-order valence-corrected chi connectivity index (χ3v) is 5.60. The Labute approximate surface area is 205 Å². The molecule has 3 aromatic carbocycles. The average molecular weight is 474 g/mol. The summed E-state index contributed by atoms with van der Waals surface area (Å²) in [6.07, 6.45) is 0. The number of hydrogen-bond donors (Lipinski definition) is 3.